The molecule has 33 heavy (non-hydrogen) atoms. The van der Waals surface area contributed by atoms with E-state index in [-0.39, 0.29) is 22.9 Å². The van der Waals surface area contributed by atoms with Crippen molar-refractivity contribution >= 4 is 23.4 Å². The zero-order valence-corrected chi connectivity index (χ0v) is 19.2. The molecule has 4 rings (SSSR count). The highest BCUT2D eigenvalue weighted by molar-refractivity contribution is 7.99. The summed E-state index contributed by atoms with van der Waals surface area (Å²) in [6, 6.07) is 16.7. The number of aromatic nitrogens is 6. The zero-order chi connectivity index (χ0) is 23.4. The fraction of sp³-hybridized carbons (Fsp3) is 0.227. The molecule has 0 atom stereocenters. The van der Waals surface area contributed by atoms with Crippen molar-refractivity contribution in [3.05, 3.63) is 70.6 Å². The summed E-state index contributed by atoms with van der Waals surface area (Å²) in [6.45, 7) is 4.18. The third kappa shape index (κ3) is 4.53. The van der Waals surface area contributed by atoms with Crippen LogP contribution in [0.2, 0.25) is 0 Å². The van der Waals surface area contributed by atoms with Crippen LogP contribution in [0.25, 0.3) is 11.4 Å². The molecular formula is C22H23N7O3S. The largest absolute Gasteiger partial charge is 0.492 e. The van der Waals surface area contributed by atoms with Gasteiger partial charge in [0.1, 0.15) is 17.1 Å². The average molecular weight is 466 g/mol. The first kappa shape index (κ1) is 22.3. The second-order valence-electron chi connectivity index (χ2n) is 7.05. The van der Waals surface area contributed by atoms with Crippen LogP contribution < -0.4 is 15.6 Å². The number of amides is 1. The van der Waals surface area contributed by atoms with E-state index in [0.717, 1.165) is 5.69 Å². The highest BCUT2D eigenvalue weighted by Gasteiger charge is 2.19. The summed E-state index contributed by atoms with van der Waals surface area (Å²) in [6.07, 6.45) is 0. The van der Waals surface area contributed by atoms with Gasteiger partial charge in [-0.15, -0.1) is 5.10 Å². The molecule has 11 heteroatoms. The number of ether oxygens (including phenoxy) is 1. The molecule has 10 nitrogen and oxygen atoms in total. The van der Waals surface area contributed by atoms with Gasteiger partial charge in [-0.25, -0.2) is 4.68 Å². The van der Waals surface area contributed by atoms with Crippen molar-refractivity contribution in [2.75, 3.05) is 17.7 Å². The number of nitrogens with zero attached hydrogens (tertiary/aromatic N) is 6. The monoisotopic (exact) mass is 465 g/mol. The third-order valence-electron chi connectivity index (χ3n) is 4.99. The highest BCUT2D eigenvalue weighted by atomic mass is 32.2. The van der Waals surface area contributed by atoms with Crippen molar-refractivity contribution in [1.82, 2.24) is 29.6 Å². The number of carbonyl (C=O) groups is 1. The number of anilines is 1. The van der Waals surface area contributed by atoms with Crippen molar-refractivity contribution in [2.24, 2.45) is 7.05 Å². The van der Waals surface area contributed by atoms with E-state index < -0.39 is 0 Å². The maximum absolute atomic E-state index is 13.0. The van der Waals surface area contributed by atoms with Crippen LogP contribution in [0.15, 0.2) is 64.5 Å². The number of rotatable bonds is 8. The Balaban J connectivity index is 1.51. The molecule has 0 saturated heterocycles. The molecule has 170 valence electrons. The van der Waals surface area contributed by atoms with Crippen molar-refractivity contribution in [1.29, 1.82) is 0 Å². The number of nitrogens with one attached hydrogen (secondary N) is 1. The first-order valence-electron chi connectivity index (χ1n) is 10.3. The number of tetrazole rings is 1. The molecule has 1 amide bonds. The summed E-state index contributed by atoms with van der Waals surface area (Å²) >= 11 is 1.17. The van der Waals surface area contributed by atoms with Gasteiger partial charge < -0.3 is 10.1 Å². The van der Waals surface area contributed by atoms with E-state index >= 15 is 0 Å². The Morgan fingerprint density at radius 2 is 1.85 bits per heavy atom. The molecule has 0 aliphatic heterocycles. The molecule has 0 radical (unpaired) electrons. The molecule has 0 saturated carbocycles. The summed E-state index contributed by atoms with van der Waals surface area (Å²) in [7, 11) is 1.78. The van der Waals surface area contributed by atoms with Crippen LogP contribution in [0.3, 0.4) is 0 Å². The minimum Gasteiger partial charge on any atom is -0.492 e. The highest BCUT2D eigenvalue weighted by Crippen LogP contribution is 2.26. The smallest absolute Gasteiger partial charge is 0.295 e. The van der Waals surface area contributed by atoms with Gasteiger partial charge in [0.25, 0.3) is 5.56 Å². The van der Waals surface area contributed by atoms with E-state index in [1.165, 1.54) is 21.1 Å². The van der Waals surface area contributed by atoms with Crippen LogP contribution in [0.1, 0.15) is 12.6 Å². The lowest BCUT2D eigenvalue weighted by Gasteiger charge is -2.10. The quantitative estimate of drug-likeness (QED) is 0.398. The van der Waals surface area contributed by atoms with Crippen molar-refractivity contribution in [2.45, 2.75) is 19.0 Å². The van der Waals surface area contributed by atoms with Crippen LogP contribution in [0.4, 0.5) is 5.69 Å². The Hall–Kier alpha value is -3.86. The van der Waals surface area contributed by atoms with Crippen molar-refractivity contribution < 1.29 is 9.53 Å². The van der Waals surface area contributed by atoms with Gasteiger partial charge in [-0.05, 0) is 48.5 Å². The fourth-order valence-electron chi connectivity index (χ4n) is 3.35. The van der Waals surface area contributed by atoms with Crippen molar-refractivity contribution in [3.8, 4) is 17.1 Å². The molecule has 2 heterocycles. The first-order valence-corrected chi connectivity index (χ1v) is 11.3. The van der Waals surface area contributed by atoms with Crippen LogP contribution in [0, 0.1) is 6.92 Å². The van der Waals surface area contributed by atoms with Crippen LogP contribution in [-0.2, 0) is 11.8 Å². The van der Waals surface area contributed by atoms with E-state index in [1.54, 1.807) is 18.7 Å². The van der Waals surface area contributed by atoms with E-state index in [2.05, 4.69) is 20.8 Å². The molecule has 2 aromatic heterocycles. The predicted octanol–water partition coefficient (Wildman–Crippen LogP) is 2.59. The normalized spacial score (nSPS) is 10.9. The first-order chi connectivity index (χ1) is 16.0. The van der Waals surface area contributed by atoms with Gasteiger partial charge in [-0.1, -0.05) is 42.1 Å². The molecule has 0 fully saturated rings. The van der Waals surface area contributed by atoms with E-state index in [9.17, 15) is 9.59 Å². The summed E-state index contributed by atoms with van der Waals surface area (Å²) < 4.78 is 10.4. The molecule has 0 aliphatic rings. The topological polar surface area (TPSA) is 109 Å². The Morgan fingerprint density at radius 1 is 1.12 bits per heavy atom. The van der Waals surface area contributed by atoms with E-state index in [0.29, 0.717) is 28.9 Å². The summed E-state index contributed by atoms with van der Waals surface area (Å²) in [5, 5.41) is 15.0. The van der Waals surface area contributed by atoms with Crippen molar-refractivity contribution in [3.63, 3.8) is 0 Å². The lowest BCUT2D eigenvalue weighted by molar-refractivity contribution is -0.113. The maximum atomic E-state index is 13.0. The number of thioether (sulfide) groups is 1. The Labute approximate surface area is 194 Å². The summed E-state index contributed by atoms with van der Waals surface area (Å²) in [5.41, 5.74) is 1.99. The fourth-order valence-corrected chi connectivity index (χ4v) is 4.03. The average Bonchev–Trinajstić information content (AvgIpc) is 3.37. The number of hydrogen-bond donors (Lipinski definition) is 1. The minimum absolute atomic E-state index is 0.0241. The SMILES string of the molecule is CCOc1ccccc1-n1nnnc1SCC(=O)Nc1c(C)n(C)n(-c2ccccc2)c1=O. The molecule has 4 aromatic rings. The molecule has 0 unspecified atom stereocenters. The van der Waals surface area contributed by atoms with Gasteiger partial charge >= 0.3 is 0 Å². The third-order valence-corrected chi connectivity index (χ3v) is 5.90. The second kappa shape index (κ2) is 9.74. The molecule has 0 spiro atoms. The number of para-hydroxylation sites is 3. The van der Waals surface area contributed by atoms with Gasteiger partial charge in [0.2, 0.25) is 11.1 Å². The standard InChI is InChI=1S/C22H23N7O3S/c1-4-32-18-13-9-8-12-17(18)28-22(24-25-26-28)33-14-19(30)23-20-15(2)27(3)29(21(20)31)16-10-6-5-7-11-16/h5-13H,4,14H2,1-3H3,(H,23,30). The Bertz CT molecular complexity index is 1330. The van der Waals surface area contributed by atoms with Gasteiger partial charge in [-0.3, -0.25) is 14.3 Å². The maximum Gasteiger partial charge on any atom is 0.295 e. The summed E-state index contributed by atoms with van der Waals surface area (Å²) in [5.74, 6) is 0.328. The van der Waals surface area contributed by atoms with Gasteiger partial charge in [0.05, 0.1) is 23.7 Å². The lowest BCUT2D eigenvalue weighted by Crippen LogP contribution is -2.23. The van der Waals surface area contributed by atoms with E-state index in [4.69, 9.17) is 4.74 Å². The summed E-state index contributed by atoms with van der Waals surface area (Å²) in [4.78, 5) is 25.7. The molecule has 1 N–H and O–H groups in total. The van der Waals surface area contributed by atoms with Crippen LogP contribution in [0.5, 0.6) is 5.75 Å². The molecule has 0 aliphatic carbocycles. The minimum atomic E-state index is -0.335. The van der Waals surface area contributed by atoms with Gasteiger partial charge in [0, 0.05) is 7.05 Å². The van der Waals surface area contributed by atoms with E-state index in [1.807, 2.05) is 61.5 Å². The zero-order valence-electron chi connectivity index (χ0n) is 18.4. The second-order valence-corrected chi connectivity index (χ2v) is 7.99. The molecule has 0 bridgehead atoms. The Kier molecular flexibility index (Phi) is 6.59. The molecular weight excluding hydrogens is 442 g/mol. The lowest BCUT2D eigenvalue weighted by atomic mass is 10.3. The van der Waals surface area contributed by atoms with Crippen LogP contribution >= 0.6 is 11.8 Å². The van der Waals surface area contributed by atoms with Gasteiger partial charge in [0.15, 0.2) is 0 Å². The number of benzene rings is 2. The molecule has 2 aromatic carbocycles. The van der Waals surface area contributed by atoms with Gasteiger partial charge in [-0.2, -0.15) is 4.68 Å². The Morgan fingerprint density at radius 3 is 2.61 bits per heavy atom. The van der Waals surface area contributed by atoms with Crippen LogP contribution in [-0.4, -0.2) is 47.8 Å². The predicted molar refractivity (Wildman–Crippen MR) is 125 cm³/mol. The number of carbonyl (C=O) groups excluding carboxylic acids is 1. The number of hydrogen-bond acceptors (Lipinski definition) is 7.